The molecule has 31 heavy (non-hydrogen) atoms. The van der Waals surface area contributed by atoms with Crippen LogP contribution in [0.25, 0.3) is 0 Å². The molecular weight excluding hydrogens is 384 g/mol. The Hall–Kier alpha value is -1.49. The van der Waals surface area contributed by atoms with Gasteiger partial charge >= 0.3 is 0 Å². The van der Waals surface area contributed by atoms with E-state index in [2.05, 4.69) is 48.8 Å². The second kappa shape index (κ2) is 8.80. The smallest absolute Gasteiger partial charge is 0.0806 e. The van der Waals surface area contributed by atoms with Crippen LogP contribution in [0.15, 0.2) is 41.5 Å². The van der Waals surface area contributed by atoms with E-state index >= 15 is 0 Å². The molecule has 1 spiro atoms. The van der Waals surface area contributed by atoms with Gasteiger partial charge in [-0.15, -0.1) is 0 Å². The fraction of sp³-hybridized carbons (Fsp3) is 0.667. The maximum Gasteiger partial charge on any atom is 0.0806 e. The van der Waals surface area contributed by atoms with E-state index in [0.29, 0.717) is 5.92 Å². The van der Waals surface area contributed by atoms with Crippen LogP contribution in [0.1, 0.15) is 75.5 Å². The van der Waals surface area contributed by atoms with Crippen LogP contribution in [-0.4, -0.2) is 37.7 Å². The minimum absolute atomic E-state index is 0.0939. The summed E-state index contributed by atoms with van der Waals surface area (Å²) >= 11 is 0. The van der Waals surface area contributed by atoms with Crippen molar-refractivity contribution in [1.82, 2.24) is 5.32 Å². The van der Waals surface area contributed by atoms with Gasteiger partial charge in [0.05, 0.1) is 17.7 Å². The fourth-order valence-electron chi connectivity index (χ4n) is 6.90. The first kappa shape index (κ1) is 21.4. The number of fused-ring (bicyclic) bond motifs is 1. The molecule has 4 aliphatic rings. The summed E-state index contributed by atoms with van der Waals surface area (Å²) in [5.41, 5.74) is 4.51. The first-order valence-corrected chi connectivity index (χ1v) is 12.4. The summed E-state index contributed by atoms with van der Waals surface area (Å²) in [6.07, 6.45) is 15.1. The van der Waals surface area contributed by atoms with E-state index in [9.17, 15) is 0 Å². The number of hydrogen-bond acceptors (Lipinski definition) is 4. The van der Waals surface area contributed by atoms with Crippen LogP contribution in [0.4, 0.5) is 0 Å². The molecule has 1 aromatic carbocycles. The third-order valence-electron chi connectivity index (χ3n) is 8.44. The van der Waals surface area contributed by atoms with Crippen LogP contribution < -0.4 is 5.32 Å². The number of hydrogen-bond donors (Lipinski definition) is 1. The van der Waals surface area contributed by atoms with E-state index in [4.69, 9.17) is 14.5 Å². The van der Waals surface area contributed by atoms with E-state index in [1.807, 2.05) is 7.11 Å². The summed E-state index contributed by atoms with van der Waals surface area (Å²) in [6, 6.07) is 9.09. The van der Waals surface area contributed by atoms with Gasteiger partial charge in [0, 0.05) is 37.5 Å². The van der Waals surface area contributed by atoms with Gasteiger partial charge in [0.25, 0.3) is 0 Å². The third kappa shape index (κ3) is 4.03. The van der Waals surface area contributed by atoms with Crippen molar-refractivity contribution < 1.29 is 9.47 Å². The van der Waals surface area contributed by atoms with Crippen LogP contribution in [0.3, 0.4) is 0 Å². The molecule has 1 unspecified atom stereocenters. The maximum atomic E-state index is 6.46. The van der Waals surface area contributed by atoms with Crippen molar-refractivity contribution in [1.29, 1.82) is 0 Å². The van der Waals surface area contributed by atoms with Crippen molar-refractivity contribution in [2.75, 3.05) is 20.3 Å². The van der Waals surface area contributed by atoms with Gasteiger partial charge in [0.15, 0.2) is 0 Å². The number of nitrogens with one attached hydrogen (secondary N) is 1. The van der Waals surface area contributed by atoms with Gasteiger partial charge in [-0.25, -0.2) is 0 Å². The van der Waals surface area contributed by atoms with Crippen LogP contribution in [0, 0.1) is 11.3 Å². The lowest BCUT2D eigenvalue weighted by Crippen LogP contribution is -2.50. The molecule has 5 rings (SSSR count). The molecule has 4 atom stereocenters. The zero-order valence-corrected chi connectivity index (χ0v) is 19.2. The number of methoxy groups -OCH3 is 1. The van der Waals surface area contributed by atoms with Gasteiger partial charge in [-0.2, -0.15) is 0 Å². The van der Waals surface area contributed by atoms with E-state index in [1.165, 1.54) is 42.5 Å². The average Bonchev–Trinajstić information content (AvgIpc) is 3.38. The SMILES string of the molecule is CO[C@@H]1Cc2ccccc2[C@H]1NCC[C@@]1(C2=NC=CCC2C)CCOC2(CCCC2)C1. The van der Waals surface area contributed by atoms with E-state index in [0.717, 1.165) is 45.3 Å². The number of rotatable bonds is 6. The second-order valence-electron chi connectivity index (χ2n) is 10.3. The summed E-state index contributed by atoms with van der Waals surface area (Å²) in [6.45, 7) is 4.23. The molecule has 1 aromatic rings. The van der Waals surface area contributed by atoms with Crippen molar-refractivity contribution in [2.45, 2.75) is 82.5 Å². The van der Waals surface area contributed by atoms with Gasteiger partial charge in [-0.3, -0.25) is 4.99 Å². The Bertz CT molecular complexity index is 841. The molecule has 0 bridgehead atoms. The Kier molecular flexibility index (Phi) is 6.07. The van der Waals surface area contributed by atoms with Crippen LogP contribution in [-0.2, 0) is 15.9 Å². The molecular formula is C27H38N2O2. The van der Waals surface area contributed by atoms with E-state index < -0.39 is 0 Å². The minimum atomic E-state index is 0.0939. The number of benzene rings is 1. The Labute approximate surface area is 187 Å². The van der Waals surface area contributed by atoms with E-state index in [1.54, 1.807) is 0 Å². The summed E-state index contributed by atoms with van der Waals surface area (Å²) in [4.78, 5) is 5.01. The number of aliphatic imine (C=N–C) groups is 1. The predicted molar refractivity (Wildman–Crippen MR) is 125 cm³/mol. The van der Waals surface area contributed by atoms with Crippen molar-refractivity contribution in [2.24, 2.45) is 16.3 Å². The fourth-order valence-corrected chi connectivity index (χ4v) is 6.90. The number of allylic oxidation sites excluding steroid dienone is 1. The Morgan fingerprint density at radius 2 is 2.03 bits per heavy atom. The third-order valence-corrected chi connectivity index (χ3v) is 8.44. The Morgan fingerprint density at radius 3 is 2.84 bits per heavy atom. The second-order valence-corrected chi connectivity index (χ2v) is 10.3. The molecule has 1 saturated carbocycles. The van der Waals surface area contributed by atoms with Gasteiger partial charge in [-0.05, 0) is 62.1 Å². The Morgan fingerprint density at radius 1 is 1.19 bits per heavy atom. The molecule has 2 aliphatic carbocycles. The van der Waals surface area contributed by atoms with Crippen molar-refractivity contribution in [3.63, 3.8) is 0 Å². The predicted octanol–water partition coefficient (Wildman–Crippen LogP) is 5.38. The number of ether oxygens (including phenoxy) is 2. The molecule has 1 N–H and O–H groups in total. The summed E-state index contributed by atoms with van der Waals surface area (Å²) in [5, 5.41) is 3.90. The van der Waals surface area contributed by atoms with Crippen LogP contribution >= 0.6 is 0 Å². The lowest BCUT2D eigenvalue weighted by molar-refractivity contribution is -0.108. The standard InChI is InChI=1S/C27H38N2O2/c1-20-8-7-15-29-25(20)26(14-17-31-27(19-26)11-5-6-12-27)13-16-28-24-22-10-4-3-9-21(22)18-23(24)30-2/h3-4,7,9-10,15,20,23-24,28H,5-6,8,11-14,16-19H2,1-2H3/t20?,23-,24-,26-/m1/s1. The molecule has 2 heterocycles. The van der Waals surface area contributed by atoms with Crippen molar-refractivity contribution in [3.05, 3.63) is 47.7 Å². The molecule has 4 heteroatoms. The summed E-state index contributed by atoms with van der Waals surface area (Å²) in [5.74, 6) is 0.528. The van der Waals surface area contributed by atoms with Crippen molar-refractivity contribution in [3.8, 4) is 0 Å². The van der Waals surface area contributed by atoms with Gasteiger partial charge in [-0.1, -0.05) is 50.1 Å². The first-order valence-electron chi connectivity index (χ1n) is 12.4. The summed E-state index contributed by atoms with van der Waals surface area (Å²) < 4.78 is 12.3. The molecule has 0 amide bonds. The minimum Gasteiger partial charge on any atom is -0.379 e. The molecule has 2 aliphatic heterocycles. The maximum absolute atomic E-state index is 6.46. The van der Waals surface area contributed by atoms with Crippen LogP contribution in [0.5, 0.6) is 0 Å². The zero-order valence-electron chi connectivity index (χ0n) is 19.2. The molecule has 0 aromatic heterocycles. The normalized spacial score (nSPS) is 34.1. The number of nitrogens with zero attached hydrogens (tertiary/aromatic N) is 1. The summed E-state index contributed by atoms with van der Waals surface area (Å²) in [7, 11) is 1.85. The molecule has 168 valence electrons. The van der Waals surface area contributed by atoms with Gasteiger partial charge < -0.3 is 14.8 Å². The van der Waals surface area contributed by atoms with Crippen molar-refractivity contribution >= 4 is 5.71 Å². The van der Waals surface area contributed by atoms with Gasteiger partial charge in [0.1, 0.15) is 0 Å². The van der Waals surface area contributed by atoms with Gasteiger partial charge in [0.2, 0.25) is 0 Å². The lowest BCUT2D eigenvalue weighted by Gasteiger charge is -2.49. The largest absolute Gasteiger partial charge is 0.379 e. The molecule has 0 radical (unpaired) electrons. The van der Waals surface area contributed by atoms with Crippen LogP contribution in [0.2, 0.25) is 0 Å². The molecule has 2 fully saturated rings. The topological polar surface area (TPSA) is 42.8 Å². The lowest BCUT2D eigenvalue weighted by atomic mass is 9.64. The highest BCUT2D eigenvalue weighted by Crippen LogP contribution is 2.51. The zero-order chi connectivity index (χ0) is 21.3. The highest BCUT2D eigenvalue weighted by atomic mass is 16.5. The quantitative estimate of drug-likeness (QED) is 0.669. The molecule has 4 nitrogen and oxygen atoms in total. The van der Waals surface area contributed by atoms with E-state index in [-0.39, 0.29) is 23.2 Å². The highest BCUT2D eigenvalue weighted by molar-refractivity contribution is 5.93. The molecule has 1 saturated heterocycles. The first-order chi connectivity index (χ1) is 15.1. The highest BCUT2D eigenvalue weighted by Gasteiger charge is 2.50. The monoisotopic (exact) mass is 422 g/mol. The Balaban J connectivity index is 1.36. The average molecular weight is 423 g/mol.